The Bertz CT molecular complexity index is 1060. The van der Waals surface area contributed by atoms with E-state index in [2.05, 4.69) is 20.0 Å². The number of aromatic amines is 2. The van der Waals surface area contributed by atoms with Crippen molar-refractivity contribution in [3.63, 3.8) is 0 Å². The topological polar surface area (TPSA) is 124 Å². The molecule has 4 N–H and O–H groups in total. The maximum absolute atomic E-state index is 12.2. The second-order valence-electron chi connectivity index (χ2n) is 5.03. The number of amides is 1. The number of carbonyl (C=O) groups excluding carboxylic acids is 1. The van der Waals surface area contributed by atoms with Gasteiger partial charge in [-0.1, -0.05) is 0 Å². The van der Waals surface area contributed by atoms with E-state index in [1.807, 2.05) is 0 Å². The molecule has 3 rings (SSSR count). The van der Waals surface area contributed by atoms with Gasteiger partial charge in [0.25, 0.3) is 5.91 Å². The van der Waals surface area contributed by atoms with Gasteiger partial charge in [-0.15, -0.1) is 0 Å². The summed E-state index contributed by atoms with van der Waals surface area (Å²) in [5.74, 6) is -0.388. The van der Waals surface area contributed by atoms with Gasteiger partial charge in [0.15, 0.2) is 0 Å². The molecule has 124 valence electrons. The molecule has 0 saturated heterocycles. The normalized spacial score (nSPS) is 11.5. The molecule has 1 aromatic heterocycles. The lowest BCUT2D eigenvalue weighted by molar-refractivity contribution is 0.102. The van der Waals surface area contributed by atoms with E-state index in [0.717, 1.165) is 0 Å². The third kappa shape index (κ3) is 3.07. The molecule has 8 nitrogen and oxygen atoms in total. The Morgan fingerprint density at radius 2 is 1.67 bits per heavy atom. The van der Waals surface area contributed by atoms with E-state index in [0.29, 0.717) is 22.3 Å². The number of hydrogen-bond donors (Lipinski definition) is 4. The summed E-state index contributed by atoms with van der Waals surface area (Å²) in [6.45, 7) is 0. The second-order valence-corrected chi connectivity index (χ2v) is 6.91. The SMILES string of the molecule is CNS(=O)(=O)c1ccc(C(=O)Nc2ccc3[nH]c(=O)[nH]c3c2)cc1. The number of rotatable bonds is 4. The molecule has 3 aromatic rings. The lowest BCUT2D eigenvalue weighted by Crippen LogP contribution is -2.19. The van der Waals surface area contributed by atoms with Crippen LogP contribution in [0.4, 0.5) is 5.69 Å². The van der Waals surface area contributed by atoms with Gasteiger partial charge in [0.2, 0.25) is 10.0 Å². The Morgan fingerprint density at radius 1 is 1.00 bits per heavy atom. The lowest BCUT2D eigenvalue weighted by Gasteiger charge is -2.07. The zero-order chi connectivity index (χ0) is 17.3. The highest BCUT2D eigenvalue weighted by Gasteiger charge is 2.13. The van der Waals surface area contributed by atoms with E-state index in [1.165, 1.54) is 31.3 Å². The molecule has 9 heteroatoms. The smallest absolute Gasteiger partial charge is 0.322 e. The number of anilines is 1. The molecule has 0 radical (unpaired) electrons. The molecule has 0 fully saturated rings. The molecule has 0 saturated carbocycles. The largest absolute Gasteiger partial charge is 0.323 e. The molecule has 0 aliphatic heterocycles. The monoisotopic (exact) mass is 346 g/mol. The summed E-state index contributed by atoms with van der Waals surface area (Å²) in [6.07, 6.45) is 0. The fourth-order valence-corrected chi connectivity index (χ4v) is 2.95. The summed E-state index contributed by atoms with van der Waals surface area (Å²) < 4.78 is 25.5. The second kappa shape index (κ2) is 5.95. The minimum absolute atomic E-state index is 0.0767. The van der Waals surface area contributed by atoms with Crippen molar-refractivity contribution < 1.29 is 13.2 Å². The van der Waals surface area contributed by atoms with Gasteiger partial charge in [0, 0.05) is 11.3 Å². The quantitative estimate of drug-likeness (QED) is 0.563. The number of aromatic nitrogens is 2. The van der Waals surface area contributed by atoms with Crippen LogP contribution in [-0.4, -0.2) is 31.3 Å². The van der Waals surface area contributed by atoms with Crippen molar-refractivity contribution in [3.8, 4) is 0 Å². The fourth-order valence-electron chi connectivity index (χ4n) is 2.22. The molecule has 0 unspecified atom stereocenters. The summed E-state index contributed by atoms with van der Waals surface area (Å²) in [7, 11) is -2.22. The maximum atomic E-state index is 12.2. The van der Waals surface area contributed by atoms with E-state index < -0.39 is 10.0 Å². The van der Waals surface area contributed by atoms with Gasteiger partial charge < -0.3 is 15.3 Å². The van der Waals surface area contributed by atoms with Crippen LogP contribution in [0.5, 0.6) is 0 Å². The zero-order valence-corrected chi connectivity index (χ0v) is 13.4. The van der Waals surface area contributed by atoms with Gasteiger partial charge in [-0.05, 0) is 49.5 Å². The Labute approximate surface area is 137 Å². The Hall–Kier alpha value is -2.91. The average Bonchev–Trinajstić information content (AvgIpc) is 2.94. The number of fused-ring (bicyclic) bond motifs is 1. The van der Waals surface area contributed by atoms with Gasteiger partial charge in [-0.2, -0.15) is 0 Å². The minimum atomic E-state index is -3.54. The molecule has 0 atom stereocenters. The standard InChI is InChI=1S/C15H14N4O4S/c1-16-24(22,23)11-5-2-9(3-6-11)14(20)17-10-4-7-12-13(8-10)19-15(21)18-12/h2-8,16H,1H3,(H,17,20)(H2,18,19,21). The first-order valence-electron chi connectivity index (χ1n) is 6.96. The van der Waals surface area contributed by atoms with Crippen LogP contribution in [0.2, 0.25) is 0 Å². The molecule has 2 aromatic carbocycles. The van der Waals surface area contributed by atoms with Crippen LogP contribution in [0.25, 0.3) is 11.0 Å². The third-order valence-corrected chi connectivity index (χ3v) is 4.90. The van der Waals surface area contributed by atoms with Crippen LogP contribution in [0.15, 0.2) is 52.2 Å². The Balaban J connectivity index is 1.82. The van der Waals surface area contributed by atoms with Crippen molar-refractivity contribution in [2.45, 2.75) is 4.90 Å². The highest BCUT2D eigenvalue weighted by molar-refractivity contribution is 7.89. The molecule has 0 spiro atoms. The van der Waals surface area contributed by atoms with Gasteiger partial charge in [0.1, 0.15) is 0 Å². The van der Waals surface area contributed by atoms with Crippen molar-refractivity contribution >= 4 is 32.7 Å². The van der Waals surface area contributed by atoms with Crippen LogP contribution in [0, 0.1) is 0 Å². The summed E-state index contributed by atoms with van der Waals surface area (Å²) in [5, 5.41) is 2.69. The van der Waals surface area contributed by atoms with Crippen LogP contribution >= 0.6 is 0 Å². The van der Waals surface area contributed by atoms with Gasteiger partial charge >= 0.3 is 5.69 Å². The number of carbonyl (C=O) groups is 1. The van der Waals surface area contributed by atoms with Crippen molar-refractivity contribution in [2.24, 2.45) is 0 Å². The van der Waals surface area contributed by atoms with Crippen molar-refractivity contribution in [1.82, 2.24) is 14.7 Å². The predicted molar refractivity (Wildman–Crippen MR) is 89.6 cm³/mol. The highest BCUT2D eigenvalue weighted by Crippen LogP contribution is 2.16. The van der Waals surface area contributed by atoms with Gasteiger partial charge in [-0.3, -0.25) is 4.79 Å². The van der Waals surface area contributed by atoms with E-state index in [-0.39, 0.29) is 16.5 Å². The number of nitrogens with one attached hydrogen (secondary N) is 4. The summed E-state index contributed by atoms with van der Waals surface area (Å²) in [6, 6.07) is 10.5. The maximum Gasteiger partial charge on any atom is 0.323 e. The van der Waals surface area contributed by atoms with Crippen molar-refractivity contribution in [3.05, 3.63) is 58.5 Å². The van der Waals surface area contributed by atoms with Gasteiger partial charge in [0.05, 0.1) is 15.9 Å². The Morgan fingerprint density at radius 3 is 2.33 bits per heavy atom. The molecular formula is C15H14N4O4S. The van der Waals surface area contributed by atoms with E-state index in [4.69, 9.17) is 0 Å². The summed E-state index contributed by atoms with van der Waals surface area (Å²) in [5.41, 5.74) is 1.71. The van der Waals surface area contributed by atoms with E-state index in [1.54, 1.807) is 18.2 Å². The van der Waals surface area contributed by atoms with E-state index in [9.17, 15) is 18.0 Å². The first-order valence-corrected chi connectivity index (χ1v) is 8.44. The number of hydrogen-bond acceptors (Lipinski definition) is 4. The minimum Gasteiger partial charge on any atom is -0.322 e. The Kier molecular flexibility index (Phi) is 3.96. The first-order chi connectivity index (χ1) is 11.4. The van der Waals surface area contributed by atoms with E-state index >= 15 is 0 Å². The molecule has 0 aliphatic carbocycles. The summed E-state index contributed by atoms with van der Waals surface area (Å²) in [4.78, 5) is 28.8. The number of benzene rings is 2. The molecule has 1 heterocycles. The van der Waals surface area contributed by atoms with Gasteiger partial charge in [-0.25, -0.2) is 17.9 Å². The average molecular weight is 346 g/mol. The molecule has 1 amide bonds. The fraction of sp³-hybridized carbons (Fsp3) is 0.0667. The predicted octanol–water partition coefficient (Wildman–Crippen LogP) is 1.02. The van der Waals surface area contributed by atoms with Crippen molar-refractivity contribution in [2.75, 3.05) is 12.4 Å². The summed E-state index contributed by atoms with van der Waals surface area (Å²) >= 11 is 0. The highest BCUT2D eigenvalue weighted by atomic mass is 32.2. The molecular weight excluding hydrogens is 332 g/mol. The molecule has 0 bridgehead atoms. The molecule has 0 aliphatic rings. The number of sulfonamides is 1. The number of imidazole rings is 1. The van der Waals surface area contributed by atoms with Crippen LogP contribution in [0.3, 0.4) is 0 Å². The van der Waals surface area contributed by atoms with Crippen LogP contribution in [-0.2, 0) is 10.0 Å². The number of H-pyrrole nitrogens is 2. The van der Waals surface area contributed by atoms with Crippen molar-refractivity contribution in [1.29, 1.82) is 0 Å². The van der Waals surface area contributed by atoms with Crippen LogP contribution in [0.1, 0.15) is 10.4 Å². The lowest BCUT2D eigenvalue weighted by atomic mass is 10.2. The van der Waals surface area contributed by atoms with Crippen LogP contribution < -0.4 is 15.7 Å². The molecule has 24 heavy (non-hydrogen) atoms. The zero-order valence-electron chi connectivity index (χ0n) is 12.6. The first kappa shape index (κ1) is 16.0. The third-order valence-electron chi connectivity index (χ3n) is 3.47.